The van der Waals surface area contributed by atoms with Crippen LogP contribution in [-0.4, -0.2) is 28.5 Å². The van der Waals surface area contributed by atoms with Gasteiger partial charge < -0.3 is 11.1 Å². The first-order chi connectivity index (χ1) is 8.81. The van der Waals surface area contributed by atoms with Crippen LogP contribution in [0.15, 0.2) is 18.7 Å². The molecule has 1 atom stereocenters. The summed E-state index contributed by atoms with van der Waals surface area (Å²) < 4.78 is 0. The summed E-state index contributed by atoms with van der Waals surface area (Å²) in [5.74, 6) is 0.383. The van der Waals surface area contributed by atoms with Crippen LogP contribution in [0.4, 0.5) is 0 Å². The van der Waals surface area contributed by atoms with Gasteiger partial charge in [0.2, 0.25) is 0 Å². The number of amides is 1. The zero-order chi connectivity index (χ0) is 12.8. The Morgan fingerprint density at radius 3 is 2.61 bits per heavy atom. The maximum Gasteiger partial charge on any atom is 0.254 e. The molecular formula is C13H20N4O. The average molecular weight is 248 g/mol. The molecule has 2 rings (SSSR count). The quantitative estimate of drug-likeness (QED) is 0.836. The van der Waals surface area contributed by atoms with Gasteiger partial charge in [0.15, 0.2) is 0 Å². The molecule has 98 valence electrons. The molecule has 0 bridgehead atoms. The van der Waals surface area contributed by atoms with E-state index in [1.807, 2.05) is 0 Å². The number of rotatable bonds is 4. The summed E-state index contributed by atoms with van der Waals surface area (Å²) in [7, 11) is 0. The molecule has 1 unspecified atom stereocenters. The Labute approximate surface area is 107 Å². The predicted octanol–water partition coefficient (Wildman–Crippen LogP) is 1.11. The summed E-state index contributed by atoms with van der Waals surface area (Å²) in [5, 5.41) is 3.01. The van der Waals surface area contributed by atoms with E-state index in [-0.39, 0.29) is 11.9 Å². The first-order valence-corrected chi connectivity index (χ1v) is 6.57. The van der Waals surface area contributed by atoms with Crippen molar-refractivity contribution in [2.24, 2.45) is 11.7 Å². The summed E-state index contributed by atoms with van der Waals surface area (Å²) in [5.41, 5.74) is 6.28. The summed E-state index contributed by atoms with van der Waals surface area (Å²) in [6, 6.07) is 0.0676. The minimum atomic E-state index is -0.128. The molecule has 3 N–H and O–H groups in total. The first-order valence-electron chi connectivity index (χ1n) is 6.57. The SMILES string of the molecule is NCC(NC(=O)c1cncnc1)C1CCCCC1. The fraction of sp³-hybridized carbons (Fsp3) is 0.615. The van der Waals surface area contributed by atoms with Gasteiger partial charge in [-0.05, 0) is 18.8 Å². The maximum atomic E-state index is 12.0. The molecule has 0 radical (unpaired) electrons. The predicted molar refractivity (Wildman–Crippen MR) is 68.9 cm³/mol. The molecule has 18 heavy (non-hydrogen) atoms. The third-order valence-corrected chi connectivity index (χ3v) is 3.61. The highest BCUT2D eigenvalue weighted by molar-refractivity contribution is 5.93. The normalized spacial score (nSPS) is 18.3. The van der Waals surface area contributed by atoms with Crippen LogP contribution in [0.1, 0.15) is 42.5 Å². The van der Waals surface area contributed by atoms with Crippen molar-refractivity contribution in [1.29, 1.82) is 0 Å². The molecule has 1 aliphatic carbocycles. The number of carbonyl (C=O) groups is 1. The van der Waals surface area contributed by atoms with Crippen LogP contribution in [0.25, 0.3) is 0 Å². The first kappa shape index (κ1) is 13.0. The van der Waals surface area contributed by atoms with Gasteiger partial charge in [0.05, 0.1) is 5.56 Å². The molecule has 0 saturated heterocycles. The van der Waals surface area contributed by atoms with E-state index in [1.165, 1.54) is 38.0 Å². The lowest BCUT2D eigenvalue weighted by Gasteiger charge is -2.30. The van der Waals surface area contributed by atoms with Gasteiger partial charge in [0, 0.05) is 25.0 Å². The molecule has 0 aliphatic heterocycles. The molecule has 1 aromatic rings. The fourth-order valence-corrected chi connectivity index (χ4v) is 2.57. The number of nitrogens with two attached hydrogens (primary N) is 1. The highest BCUT2D eigenvalue weighted by Gasteiger charge is 2.24. The van der Waals surface area contributed by atoms with Crippen LogP contribution in [0.2, 0.25) is 0 Å². The van der Waals surface area contributed by atoms with Gasteiger partial charge >= 0.3 is 0 Å². The Kier molecular flexibility index (Phi) is 4.64. The van der Waals surface area contributed by atoms with Crippen molar-refractivity contribution in [2.45, 2.75) is 38.1 Å². The summed E-state index contributed by atoms with van der Waals surface area (Å²) >= 11 is 0. The summed E-state index contributed by atoms with van der Waals surface area (Å²) in [4.78, 5) is 19.7. The van der Waals surface area contributed by atoms with E-state index in [4.69, 9.17) is 5.73 Å². The van der Waals surface area contributed by atoms with E-state index in [0.29, 0.717) is 18.0 Å². The summed E-state index contributed by atoms with van der Waals surface area (Å²) in [6.07, 6.45) is 10.6. The Balaban J connectivity index is 1.95. The number of hydrogen-bond acceptors (Lipinski definition) is 4. The van der Waals surface area contributed by atoms with Crippen LogP contribution in [-0.2, 0) is 0 Å². The lowest BCUT2D eigenvalue weighted by atomic mass is 9.84. The van der Waals surface area contributed by atoms with Crippen molar-refractivity contribution in [3.63, 3.8) is 0 Å². The number of nitrogens with zero attached hydrogens (tertiary/aromatic N) is 2. The van der Waals surface area contributed by atoms with E-state index in [0.717, 1.165) is 12.8 Å². The van der Waals surface area contributed by atoms with Gasteiger partial charge in [-0.2, -0.15) is 0 Å². The zero-order valence-electron chi connectivity index (χ0n) is 10.5. The minimum absolute atomic E-state index is 0.0676. The Morgan fingerprint density at radius 1 is 1.33 bits per heavy atom. The van der Waals surface area contributed by atoms with Gasteiger partial charge in [-0.25, -0.2) is 9.97 Å². The lowest BCUT2D eigenvalue weighted by molar-refractivity contribution is 0.0915. The van der Waals surface area contributed by atoms with Crippen molar-refractivity contribution in [2.75, 3.05) is 6.54 Å². The smallest absolute Gasteiger partial charge is 0.254 e. The van der Waals surface area contributed by atoms with Gasteiger partial charge in [0.25, 0.3) is 5.91 Å². The van der Waals surface area contributed by atoms with Crippen molar-refractivity contribution in [3.8, 4) is 0 Å². The number of nitrogens with one attached hydrogen (secondary N) is 1. The molecule has 1 saturated carbocycles. The minimum Gasteiger partial charge on any atom is -0.348 e. The molecule has 1 heterocycles. The number of aromatic nitrogens is 2. The molecular weight excluding hydrogens is 228 g/mol. The Bertz CT molecular complexity index is 376. The van der Waals surface area contributed by atoms with Crippen LogP contribution in [0.5, 0.6) is 0 Å². The second-order valence-electron chi connectivity index (χ2n) is 4.84. The second kappa shape index (κ2) is 6.44. The van der Waals surface area contributed by atoms with Gasteiger partial charge in [-0.1, -0.05) is 19.3 Å². The molecule has 5 nitrogen and oxygen atoms in total. The molecule has 1 amide bonds. The Hall–Kier alpha value is -1.49. The average Bonchev–Trinajstić information content (AvgIpc) is 2.46. The van der Waals surface area contributed by atoms with Gasteiger partial charge in [-0.15, -0.1) is 0 Å². The third-order valence-electron chi connectivity index (χ3n) is 3.61. The van der Waals surface area contributed by atoms with Crippen LogP contribution < -0.4 is 11.1 Å². The van der Waals surface area contributed by atoms with E-state index >= 15 is 0 Å². The standard InChI is InChI=1S/C13H20N4O/c14-6-12(10-4-2-1-3-5-10)17-13(18)11-7-15-9-16-8-11/h7-10,12H,1-6,14H2,(H,17,18). The molecule has 1 aliphatic rings. The van der Waals surface area contributed by atoms with E-state index in [9.17, 15) is 4.79 Å². The zero-order valence-corrected chi connectivity index (χ0v) is 10.5. The van der Waals surface area contributed by atoms with Crippen LogP contribution >= 0.6 is 0 Å². The van der Waals surface area contributed by atoms with Crippen molar-refractivity contribution in [3.05, 3.63) is 24.3 Å². The Morgan fingerprint density at radius 2 is 2.00 bits per heavy atom. The van der Waals surface area contributed by atoms with Crippen LogP contribution in [0, 0.1) is 5.92 Å². The van der Waals surface area contributed by atoms with E-state index < -0.39 is 0 Å². The number of hydrogen-bond donors (Lipinski definition) is 2. The molecule has 5 heteroatoms. The van der Waals surface area contributed by atoms with Gasteiger partial charge in [0.1, 0.15) is 6.33 Å². The largest absolute Gasteiger partial charge is 0.348 e. The molecule has 1 fully saturated rings. The monoisotopic (exact) mass is 248 g/mol. The van der Waals surface area contributed by atoms with E-state index in [1.54, 1.807) is 0 Å². The third kappa shape index (κ3) is 3.26. The topological polar surface area (TPSA) is 80.9 Å². The molecule has 0 aromatic carbocycles. The second-order valence-corrected chi connectivity index (χ2v) is 4.84. The molecule has 0 spiro atoms. The van der Waals surface area contributed by atoms with Crippen molar-refractivity contribution in [1.82, 2.24) is 15.3 Å². The fourth-order valence-electron chi connectivity index (χ4n) is 2.57. The van der Waals surface area contributed by atoms with Crippen LogP contribution in [0.3, 0.4) is 0 Å². The molecule has 1 aromatic heterocycles. The lowest BCUT2D eigenvalue weighted by Crippen LogP contribution is -2.45. The van der Waals surface area contributed by atoms with Crippen molar-refractivity contribution >= 4 is 5.91 Å². The highest BCUT2D eigenvalue weighted by Crippen LogP contribution is 2.26. The number of carbonyl (C=O) groups excluding carboxylic acids is 1. The van der Waals surface area contributed by atoms with Gasteiger partial charge in [-0.3, -0.25) is 4.79 Å². The maximum absolute atomic E-state index is 12.0. The van der Waals surface area contributed by atoms with E-state index in [2.05, 4.69) is 15.3 Å². The highest BCUT2D eigenvalue weighted by atomic mass is 16.1. The summed E-state index contributed by atoms with van der Waals surface area (Å²) in [6.45, 7) is 0.490. The van der Waals surface area contributed by atoms with Crippen molar-refractivity contribution < 1.29 is 4.79 Å².